The largest absolute Gasteiger partial charge is 0.384 e. The third kappa shape index (κ3) is 4.18. The number of H-pyrrole nitrogens is 1. The third-order valence-electron chi connectivity index (χ3n) is 6.71. The van der Waals surface area contributed by atoms with Crippen LogP contribution in [0, 0.1) is 6.92 Å². The number of benzene rings is 1. The van der Waals surface area contributed by atoms with Crippen LogP contribution in [0.3, 0.4) is 0 Å². The molecule has 0 radical (unpaired) electrons. The fraction of sp³-hybridized carbons (Fsp3) is 0.400. The van der Waals surface area contributed by atoms with E-state index in [9.17, 15) is 9.59 Å². The van der Waals surface area contributed by atoms with Crippen LogP contribution in [-0.2, 0) is 13.0 Å². The van der Waals surface area contributed by atoms with Crippen LogP contribution in [-0.4, -0.2) is 60.5 Å². The van der Waals surface area contributed by atoms with Crippen LogP contribution in [0.15, 0.2) is 35.3 Å². The monoisotopic (exact) mass is 446 g/mol. The summed E-state index contributed by atoms with van der Waals surface area (Å²) in [5.41, 5.74) is 5.84. The van der Waals surface area contributed by atoms with Gasteiger partial charge in [0, 0.05) is 63.5 Å². The van der Waals surface area contributed by atoms with Crippen molar-refractivity contribution in [3.63, 3.8) is 0 Å². The Morgan fingerprint density at radius 2 is 2.00 bits per heavy atom. The molecule has 0 atom stereocenters. The van der Waals surface area contributed by atoms with Gasteiger partial charge in [0.2, 0.25) is 0 Å². The quantitative estimate of drug-likeness (QED) is 0.569. The molecule has 3 aromatic rings. The Morgan fingerprint density at radius 3 is 2.73 bits per heavy atom. The lowest BCUT2D eigenvalue weighted by Crippen LogP contribution is -2.46. The molecule has 33 heavy (non-hydrogen) atoms. The zero-order valence-corrected chi connectivity index (χ0v) is 19.2. The number of fused-ring (bicyclic) bond motifs is 3. The van der Waals surface area contributed by atoms with E-state index in [2.05, 4.69) is 49.5 Å². The lowest BCUT2D eigenvalue weighted by atomic mass is 9.97. The number of aryl methyl sites for hydroxylation is 1. The smallest absolute Gasteiger partial charge is 0.253 e. The van der Waals surface area contributed by atoms with Gasteiger partial charge in [0.1, 0.15) is 5.82 Å². The number of amides is 1. The third-order valence-corrected chi connectivity index (χ3v) is 6.71. The molecule has 4 heterocycles. The minimum Gasteiger partial charge on any atom is -0.384 e. The summed E-state index contributed by atoms with van der Waals surface area (Å²) in [6, 6.07) is 8.12. The van der Waals surface area contributed by atoms with Gasteiger partial charge in [-0.1, -0.05) is 6.07 Å². The molecule has 1 saturated heterocycles. The first-order chi connectivity index (χ1) is 16.0. The number of anilines is 2. The molecule has 2 aliphatic heterocycles. The van der Waals surface area contributed by atoms with E-state index >= 15 is 0 Å². The molecule has 2 aliphatic rings. The van der Waals surface area contributed by atoms with Crippen LogP contribution >= 0.6 is 0 Å². The molecule has 0 bridgehead atoms. The molecular weight excluding hydrogens is 416 g/mol. The molecule has 172 valence electrons. The van der Waals surface area contributed by atoms with E-state index in [1.165, 1.54) is 11.1 Å². The summed E-state index contributed by atoms with van der Waals surface area (Å²) >= 11 is 0. The molecular formula is C25H30N6O2. The van der Waals surface area contributed by atoms with Gasteiger partial charge in [-0.2, -0.15) is 0 Å². The van der Waals surface area contributed by atoms with Crippen molar-refractivity contribution in [1.82, 2.24) is 20.2 Å². The average Bonchev–Trinajstić information content (AvgIpc) is 2.84. The van der Waals surface area contributed by atoms with Gasteiger partial charge in [-0.05, 0) is 49.1 Å². The molecule has 1 amide bonds. The Bertz CT molecular complexity index is 1240. The number of aromatic amines is 1. The number of pyridine rings is 2. The Kier molecular flexibility index (Phi) is 5.76. The van der Waals surface area contributed by atoms with Gasteiger partial charge in [0.25, 0.3) is 11.5 Å². The van der Waals surface area contributed by atoms with E-state index in [1.54, 1.807) is 13.2 Å². The van der Waals surface area contributed by atoms with E-state index < -0.39 is 0 Å². The molecule has 1 fully saturated rings. The van der Waals surface area contributed by atoms with Gasteiger partial charge in [-0.25, -0.2) is 4.98 Å². The number of nitrogens with one attached hydrogen (secondary N) is 3. The Labute approximate surface area is 193 Å². The maximum atomic E-state index is 12.6. The van der Waals surface area contributed by atoms with E-state index in [1.807, 2.05) is 12.1 Å². The topological polar surface area (TPSA) is 93.4 Å². The summed E-state index contributed by atoms with van der Waals surface area (Å²) in [7, 11) is 1.62. The summed E-state index contributed by atoms with van der Waals surface area (Å²) in [5.74, 6) is 0.779. The minimum absolute atomic E-state index is 0.0322. The summed E-state index contributed by atoms with van der Waals surface area (Å²) in [6.45, 7) is 7.52. The normalized spacial score (nSPS) is 16.4. The van der Waals surface area contributed by atoms with Crippen LogP contribution in [0.25, 0.3) is 10.9 Å². The van der Waals surface area contributed by atoms with Crippen molar-refractivity contribution >= 4 is 28.3 Å². The predicted molar refractivity (Wildman–Crippen MR) is 131 cm³/mol. The Hall–Kier alpha value is -3.39. The summed E-state index contributed by atoms with van der Waals surface area (Å²) < 4.78 is 0. The van der Waals surface area contributed by atoms with E-state index in [0.29, 0.717) is 5.56 Å². The first-order valence-electron chi connectivity index (χ1n) is 11.6. The van der Waals surface area contributed by atoms with Gasteiger partial charge in [-0.15, -0.1) is 0 Å². The zero-order chi connectivity index (χ0) is 22.9. The van der Waals surface area contributed by atoms with Crippen molar-refractivity contribution in [3.05, 3.63) is 63.1 Å². The van der Waals surface area contributed by atoms with Crippen LogP contribution < -0.4 is 21.1 Å². The van der Waals surface area contributed by atoms with E-state index in [-0.39, 0.29) is 11.5 Å². The molecule has 0 saturated carbocycles. The highest BCUT2D eigenvalue weighted by molar-refractivity contribution is 5.96. The number of piperazine rings is 1. The molecule has 0 spiro atoms. The number of hydrogen-bond acceptors (Lipinski definition) is 6. The van der Waals surface area contributed by atoms with Gasteiger partial charge in [-0.3, -0.25) is 14.5 Å². The summed E-state index contributed by atoms with van der Waals surface area (Å²) in [5, 5.41) is 7.22. The SMILES string of the molecule is CNC(=O)c1ccc(N2CCN(Cc3cc(C)c4c5c(c(=O)[nH]c4c3)CCCN5)CC2)nc1. The lowest BCUT2D eigenvalue weighted by Gasteiger charge is -2.35. The molecule has 5 rings (SSSR count). The van der Waals surface area contributed by atoms with Crippen molar-refractivity contribution in [2.45, 2.75) is 26.3 Å². The fourth-order valence-electron chi connectivity index (χ4n) is 5.00. The molecule has 2 aromatic heterocycles. The first kappa shape index (κ1) is 21.5. The van der Waals surface area contributed by atoms with Crippen molar-refractivity contribution in [3.8, 4) is 0 Å². The first-order valence-corrected chi connectivity index (χ1v) is 11.6. The summed E-state index contributed by atoms with van der Waals surface area (Å²) in [6.07, 6.45) is 3.47. The maximum absolute atomic E-state index is 12.6. The van der Waals surface area contributed by atoms with Crippen LogP contribution in [0.2, 0.25) is 0 Å². The van der Waals surface area contributed by atoms with Gasteiger partial charge in [0.05, 0.1) is 16.8 Å². The molecule has 8 nitrogen and oxygen atoms in total. The molecule has 8 heteroatoms. The second-order valence-corrected chi connectivity index (χ2v) is 8.92. The highest BCUT2D eigenvalue weighted by atomic mass is 16.1. The highest BCUT2D eigenvalue weighted by Gasteiger charge is 2.21. The van der Waals surface area contributed by atoms with E-state index in [0.717, 1.165) is 80.1 Å². The number of aromatic nitrogens is 2. The number of rotatable bonds is 4. The highest BCUT2D eigenvalue weighted by Crippen LogP contribution is 2.31. The van der Waals surface area contributed by atoms with Crippen molar-refractivity contribution in [1.29, 1.82) is 0 Å². The fourth-order valence-corrected chi connectivity index (χ4v) is 5.00. The molecule has 0 unspecified atom stereocenters. The van der Waals surface area contributed by atoms with Crippen molar-refractivity contribution < 1.29 is 4.79 Å². The van der Waals surface area contributed by atoms with Crippen LogP contribution in [0.4, 0.5) is 11.5 Å². The average molecular weight is 447 g/mol. The summed E-state index contributed by atoms with van der Waals surface area (Å²) in [4.78, 5) is 36.6. The van der Waals surface area contributed by atoms with Gasteiger partial charge in [0.15, 0.2) is 0 Å². The molecule has 1 aromatic carbocycles. The standard InChI is InChI=1S/C25H30N6O2/c1-16-12-17(13-20-22(16)23-19(25(33)29-20)4-3-7-27-23)15-30-8-10-31(11-9-30)21-6-5-18(14-28-21)24(32)26-2/h5-6,12-14,27H,3-4,7-11,15H2,1-2H3,(H,26,32)(H,29,33). The number of carbonyl (C=O) groups is 1. The van der Waals surface area contributed by atoms with Gasteiger partial charge >= 0.3 is 0 Å². The Balaban J connectivity index is 1.28. The zero-order valence-electron chi connectivity index (χ0n) is 19.2. The van der Waals surface area contributed by atoms with Crippen LogP contribution in [0.5, 0.6) is 0 Å². The number of nitrogens with zero attached hydrogens (tertiary/aromatic N) is 3. The second kappa shape index (κ2) is 8.86. The lowest BCUT2D eigenvalue weighted by molar-refractivity contribution is 0.0962. The predicted octanol–water partition coefficient (Wildman–Crippen LogP) is 2.27. The molecule has 3 N–H and O–H groups in total. The second-order valence-electron chi connectivity index (χ2n) is 8.92. The van der Waals surface area contributed by atoms with Gasteiger partial charge < -0.3 is 20.5 Å². The van der Waals surface area contributed by atoms with E-state index in [4.69, 9.17) is 0 Å². The van der Waals surface area contributed by atoms with Crippen LogP contribution in [0.1, 0.15) is 33.5 Å². The Morgan fingerprint density at radius 1 is 1.18 bits per heavy atom. The number of hydrogen-bond donors (Lipinski definition) is 3. The van der Waals surface area contributed by atoms with Crippen molar-refractivity contribution in [2.75, 3.05) is 50.0 Å². The van der Waals surface area contributed by atoms with Crippen molar-refractivity contribution in [2.24, 2.45) is 0 Å². The minimum atomic E-state index is -0.123. The molecule has 0 aliphatic carbocycles. The maximum Gasteiger partial charge on any atom is 0.253 e. The number of carbonyl (C=O) groups excluding carboxylic acids is 1.